The lowest BCUT2D eigenvalue weighted by Crippen LogP contribution is -1.94. The van der Waals surface area contributed by atoms with Crippen LogP contribution in [0.2, 0.25) is 0 Å². The SMILES string of the molecule is COOc1ccc([N+](=O)[O-])cc1C. The molecule has 0 unspecified atom stereocenters. The third kappa shape index (κ3) is 2.16. The molecular formula is C8H9NO4. The normalized spacial score (nSPS) is 9.69. The van der Waals surface area contributed by atoms with E-state index in [0.29, 0.717) is 11.3 Å². The molecule has 0 fully saturated rings. The largest absolute Gasteiger partial charge is 0.338 e. The van der Waals surface area contributed by atoms with E-state index < -0.39 is 4.92 Å². The average Bonchev–Trinajstić information content (AvgIpc) is 2.08. The first-order chi connectivity index (χ1) is 6.15. The molecule has 0 N–H and O–H groups in total. The van der Waals surface area contributed by atoms with Crippen LogP contribution < -0.4 is 4.89 Å². The number of nitrogens with zero attached hydrogens (tertiary/aromatic N) is 1. The van der Waals surface area contributed by atoms with Gasteiger partial charge in [-0.15, -0.1) is 0 Å². The molecule has 5 heteroatoms. The standard InChI is InChI=1S/C8H9NO4/c1-6-5-7(9(10)11)3-4-8(6)13-12-2/h3-5H,1-2H3. The van der Waals surface area contributed by atoms with Gasteiger partial charge in [-0.3, -0.25) is 10.1 Å². The van der Waals surface area contributed by atoms with Crippen LogP contribution in [0.3, 0.4) is 0 Å². The molecule has 0 saturated carbocycles. The van der Waals surface area contributed by atoms with Crippen LogP contribution in [-0.4, -0.2) is 12.0 Å². The Bertz CT molecular complexity index is 324. The van der Waals surface area contributed by atoms with Gasteiger partial charge >= 0.3 is 0 Å². The minimum atomic E-state index is -0.455. The van der Waals surface area contributed by atoms with Gasteiger partial charge in [0.05, 0.1) is 12.0 Å². The van der Waals surface area contributed by atoms with Gasteiger partial charge in [0.1, 0.15) is 0 Å². The molecule has 5 nitrogen and oxygen atoms in total. The van der Waals surface area contributed by atoms with Gasteiger partial charge < -0.3 is 4.89 Å². The third-order valence-corrected chi connectivity index (χ3v) is 1.54. The fourth-order valence-corrected chi connectivity index (χ4v) is 0.930. The maximum atomic E-state index is 10.4. The van der Waals surface area contributed by atoms with Crippen molar-refractivity contribution in [3.05, 3.63) is 33.9 Å². The quantitative estimate of drug-likeness (QED) is 0.407. The van der Waals surface area contributed by atoms with Crippen molar-refractivity contribution in [2.24, 2.45) is 0 Å². The Labute approximate surface area is 75.0 Å². The lowest BCUT2D eigenvalue weighted by Gasteiger charge is -2.03. The van der Waals surface area contributed by atoms with Crippen LogP contribution in [-0.2, 0) is 4.89 Å². The van der Waals surface area contributed by atoms with E-state index in [9.17, 15) is 10.1 Å². The van der Waals surface area contributed by atoms with Crippen molar-refractivity contribution >= 4 is 5.69 Å². The molecule has 0 heterocycles. The molecule has 1 rings (SSSR count). The topological polar surface area (TPSA) is 61.6 Å². The molecule has 0 aromatic heterocycles. The second-order valence-corrected chi connectivity index (χ2v) is 2.46. The molecule has 1 aromatic carbocycles. The average molecular weight is 183 g/mol. The smallest absolute Gasteiger partial charge is 0.269 e. The van der Waals surface area contributed by atoms with Gasteiger partial charge in [0.25, 0.3) is 5.69 Å². The molecule has 0 aliphatic rings. The van der Waals surface area contributed by atoms with Crippen LogP contribution in [0.1, 0.15) is 5.56 Å². The number of hydrogen-bond acceptors (Lipinski definition) is 4. The van der Waals surface area contributed by atoms with Crippen LogP contribution in [0.25, 0.3) is 0 Å². The number of hydrogen-bond donors (Lipinski definition) is 0. The van der Waals surface area contributed by atoms with E-state index in [2.05, 4.69) is 4.89 Å². The van der Waals surface area contributed by atoms with Gasteiger partial charge in [-0.05, 0) is 13.0 Å². The minimum Gasteiger partial charge on any atom is -0.338 e. The zero-order valence-corrected chi connectivity index (χ0v) is 7.31. The molecule has 0 saturated heterocycles. The van der Waals surface area contributed by atoms with Crippen LogP contribution in [0.4, 0.5) is 5.69 Å². The monoisotopic (exact) mass is 183 g/mol. The van der Waals surface area contributed by atoms with Crippen molar-refractivity contribution in [1.82, 2.24) is 0 Å². The Kier molecular flexibility index (Phi) is 2.81. The highest BCUT2D eigenvalue weighted by Gasteiger charge is 2.08. The highest BCUT2D eigenvalue weighted by Crippen LogP contribution is 2.22. The van der Waals surface area contributed by atoms with E-state index in [1.807, 2.05) is 0 Å². The molecule has 0 atom stereocenters. The number of non-ortho nitro benzene ring substituents is 1. The molecule has 0 amide bonds. The first-order valence-corrected chi connectivity index (χ1v) is 3.61. The first kappa shape index (κ1) is 9.47. The Morgan fingerprint density at radius 1 is 1.46 bits per heavy atom. The van der Waals surface area contributed by atoms with E-state index in [1.54, 1.807) is 6.92 Å². The summed E-state index contributed by atoms with van der Waals surface area (Å²) in [5.41, 5.74) is 0.706. The second-order valence-electron chi connectivity index (χ2n) is 2.46. The van der Waals surface area contributed by atoms with Crippen molar-refractivity contribution in [2.75, 3.05) is 7.11 Å². The van der Waals surface area contributed by atoms with Crippen LogP contribution >= 0.6 is 0 Å². The summed E-state index contributed by atoms with van der Waals surface area (Å²) in [5, 5.41) is 10.4. The third-order valence-electron chi connectivity index (χ3n) is 1.54. The Morgan fingerprint density at radius 2 is 2.15 bits per heavy atom. The summed E-state index contributed by atoms with van der Waals surface area (Å²) in [6, 6.07) is 4.28. The lowest BCUT2D eigenvalue weighted by atomic mass is 10.2. The minimum absolute atomic E-state index is 0.0425. The highest BCUT2D eigenvalue weighted by atomic mass is 17.2. The molecule has 0 bridgehead atoms. The van der Waals surface area contributed by atoms with E-state index in [4.69, 9.17) is 4.89 Å². The fourth-order valence-electron chi connectivity index (χ4n) is 0.930. The first-order valence-electron chi connectivity index (χ1n) is 3.61. The van der Waals surface area contributed by atoms with Crippen molar-refractivity contribution in [3.8, 4) is 5.75 Å². The molecule has 0 spiro atoms. The lowest BCUT2D eigenvalue weighted by molar-refractivity contribution is -0.385. The molecule has 70 valence electrons. The number of rotatable bonds is 3. The summed E-state index contributed by atoms with van der Waals surface area (Å²) in [6.07, 6.45) is 0. The molecular weight excluding hydrogens is 174 g/mol. The maximum Gasteiger partial charge on any atom is 0.269 e. The van der Waals surface area contributed by atoms with E-state index >= 15 is 0 Å². The second kappa shape index (κ2) is 3.86. The van der Waals surface area contributed by atoms with Crippen molar-refractivity contribution in [3.63, 3.8) is 0 Å². The molecule has 0 radical (unpaired) electrons. The Balaban J connectivity index is 2.98. The van der Waals surface area contributed by atoms with Crippen molar-refractivity contribution < 1.29 is 14.7 Å². The van der Waals surface area contributed by atoms with E-state index in [-0.39, 0.29) is 5.69 Å². The van der Waals surface area contributed by atoms with E-state index in [1.165, 1.54) is 25.3 Å². The van der Waals surface area contributed by atoms with Crippen LogP contribution in [0.15, 0.2) is 18.2 Å². The Morgan fingerprint density at radius 3 is 2.62 bits per heavy atom. The summed E-state index contributed by atoms with van der Waals surface area (Å²) >= 11 is 0. The summed E-state index contributed by atoms with van der Waals surface area (Å²) in [7, 11) is 1.38. The van der Waals surface area contributed by atoms with Crippen LogP contribution in [0.5, 0.6) is 5.75 Å². The summed E-state index contributed by atoms with van der Waals surface area (Å²) < 4.78 is 0. The van der Waals surface area contributed by atoms with Gasteiger partial charge in [0.2, 0.25) is 0 Å². The van der Waals surface area contributed by atoms with E-state index in [0.717, 1.165) is 0 Å². The predicted molar refractivity (Wildman–Crippen MR) is 45.5 cm³/mol. The number of benzene rings is 1. The predicted octanol–water partition coefficient (Wildman–Crippen LogP) is 1.84. The maximum absolute atomic E-state index is 10.4. The van der Waals surface area contributed by atoms with Gasteiger partial charge in [-0.2, -0.15) is 4.89 Å². The number of aryl methyl sites for hydroxylation is 1. The summed E-state index contributed by atoms with van der Waals surface area (Å²) in [5.74, 6) is 0.480. The molecule has 0 aliphatic carbocycles. The summed E-state index contributed by atoms with van der Waals surface area (Å²) in [6.45, 7) is 1.71. The number of nitro groups is 1. The molecule has 13 heavy (non-hydrogen) atoms. The van der Waals surface area contributed by atoms with Crippen LogP contribution in [0, 0.1) is 17.0 Å². The Hall–Kier alpha value is -1.62. The summed E-state index contributed by atoms with van der Waals surface area (Å²) in [4.78, 5) is 19.1. The van der Waals surface area contributed by atoms with Gasteiger partial charge in [0, 0.05) is 17.7 Å². The molecule has 1 aromatic rings. The van der Waals surface area contributed by atoms with Gasteiger partial charge in [-0.25, -0.2) is 0 Å². The zero-order valence-electron chi connectivity index (χ0n) is 7.31. The van der Waals surface area contributed by atoms with Crippen molar-refractivity contribution in [2.45, 2.75) is 6.92 Å². The fraction of sp³-hybridized carbons (Fsp3) is 0.250. The number of nitro benzene ring substituents is 1. The highest BCUT2D eigenvalue weighted by molar-refractivity contribution is 5.42. The molecule has 0 aliphatic heterocycles. The van der Waals surface area contributed by atoms with Gasteiger partial charge in [-0.1, -0.05) is 0 Å². The van der Waals surface area contributed by atoms with Crippen molar-refractivity contribution in [1.29, 1.82) is 0 Å². The zero-order chi connectivity index (χ0) is 9.84. The van der Waals surface area contributed by atoms with Gasteiger partial charge in [0.15, 0.2) is 5.75 Å².